The number of anilines is 1. The third kappa shape index (κ3) is 5.80. The Bertz CT molecular complexity index is 727. The summed E-state index contributed by atoms with van der Waals surface area (Å²) >= 11 is 5.81. The van der Waals surface area contributed by atoms with Crippen LogP contribution >= 0.6 is 11.6 Å². The molecule has 0 aliphatic rings. The lowest BCUT2D eigenvalue weighted by atomic mass is 10.2. The average Bonchev–Trinajstić information content (AvgIpc) is 2.56. The van der Waals surface area contributed by atoms with Crippen LogP contribution in [0.1, 0.15) is 24.2 Å². The molecule has 2 rings (SSSR count). The fourth-order valence-corrected chi connectivity index (χ4v) is 2.32. The van der Waals surface area contributed by atoms with E-state index in [4.69, 9.17) is 16.3 Å². The van der Waals surface area contributed by atoms with E-state index in [0.717, 1.165) is 0 Å². The number of nitrogens with zero attached hydrogens (tertiary/aromatic N) is 1. The Morgan fingerprint density at radius 2 is 1.68 bits per heavy atom. The van der Waals surface area contributed by atoms with Gasteiger partial charge in [-0.3, -0.25) is 9.59 Å². The van der Waals surface area contributed by atoms with Crippen LogP contribution in [0.2, 0.25) is 5.02 Å². The second kappa shape index (κ2) is 8.53. The number of amides is 2. The van der Waals surface area contributed by atoms with Crippen LogP contribution in [0.15, 0.2) is 48.5 Å². The highest BCUT2D eigenvalue weighted by Gasteiger charge is 2.15. The number of nitrogens with one attached hydrogen (secondary N) is 1. The maximum absolute atomic E-state index is 12.4. The van der Waals surface area contributed by atoms with Crippen LogP contribution < -0.4 is 10.1 Å². The Morgan fingerprint density at radius 3 is 2.24 bits per heavy atom. The summed E-state index contributed by atoms with van der Waals surface area (Å²) in [6, 6.07) is 13.6. The zero-order valence-electron chi connectivity index (χ0n) is 14.5. The number of rotatable bonds is 6. The van der Waals surface area contributed by atoms with Gasteiger partial charge in [0.2, 0.25) is 5.91 Å². The lowest BCUT2D eigenvalue weighted by Crippen LogP contribution is -2.34. The van der Waals surface area contributed by atoms with Gasteiger partial charge in [0.05, 0.1) is 12.6 Å². The van der Waals surface area contributed by atoms with Crippen molar-refractivity contribution >= 4 is 29.1 Å². The minimum absolute atomic E-state index is 0.0499. The minimum Gasteiger partial charge on any atom is -0.491 e. The van der Waals surface area contributed by atoms with Crippen LogP contribution in [0, 0.1) is 0 Å². The zero-order valence-corrected chi connectivity index (χ0v) is 15.2. The summed E-state index contributed by atoms with van der Waals surface area (Å²) in [6.45, 7) is 3.82. The van der Waals surface area contributed by atoms with Crippen LogP contribution in [0.4, 0.5) is 5.69 Å². The van der Waals surface area contributed by atoms with Crippen molar-refractivity contribution in [2.24, 2.45) is 0 Å². The van der Waals surface area contributed by atoms with Crippen molar-refractivity contribution in [2.45, 2.75) is 20.0 Å². The molecule has 1 N–H and O–H groups in total. The quantitative estimate of drug-likeness (QED) is 0.851. The number of carbonyl (C=O) groups is 2. The molecule has 0 aliphatic carbocycles. The van der Waals surface area contributed by atoms with E-state index >= 15 is 0 Å². The first-order valence-corrected chi connectivity index (χ1v) is 8.30. The molecule has 2 aromatic rings. The number of ether oxygens (including phenoxy) is 1. The van der Waals surface area contributed by atoms with Crippen molar-refractivity contribution < 1.29 is 14.3 Å². The Balaban J connectivity index is 1.92. The third-order valence-electron chi connectivity index (χ3n) is 3.33. The Kier molecular flexibility index (Phi) is 6.42. The van der Waals surface area contributed by atoms with Gasteiger partial charge in [-0.15, -0.1) is 0 Å². The van der Waals surface area contributed by atoms with Crippen LogP contribution in [0.3, 0.4) is 0 Å². The van der Waals surface area contributed by atoms with E-state index < -0.39 is 0 Å². The monoisotopic (exact) mass is 360 g/mol. The van der Waals surface area contributed by atoms with Crippen molar-refractivity contribution in [3.05, 3.63) is 59.1 Å². The van der Waals surface area contributed by atoms with E-state index in [2.05, 4.69) is 5.32 Å². The standard InChI is InChI=1S/C19H21ClN2O3/c1-13(2)25-17-10-4-14(5-11-17)19(24)22(3)12-18(23)21-16-8-6-15(20)7-9-16/h4-11,13H,12H2,1-3H3,(H,21,23). The van der Waals surface area contributed by atoms with E-state index in [1.165, 1.54) is 4.90 Å². The summed E-state index contributed by atoms with van der Waals surface area (Å²) in [5.41, 5.74) is 1.13. The second-order valence-corrected chi connectivity index (χ2v) is 6.34. The van der Waals surface area contributed by atoms with E-state index in [1.807, 2.05) is 13.8 Å². The molecule has 0 saturated heterocycles. The van der Waals surface area contributed by atoms with E-state index in [9.17, 15) is 9.59 Å². The lowest BCUT2D eigenvalue weighted by Gasteiger charge is -2.17. The molecule has 0 spiro atoms. The predicted octanol–water partition coefficient (Wildman–Crippen LogP) is 3.84. The summed E-state index contributed by atoms with van der Waals surface area (Å²) < 4.78 is 5.55. The largest absolute Gasteiger partial charge is 0.491 e. The first kappa shape index (κ1) is 18.8. The highest BCUT2D eigenvalue weighted by Crippen LogP contribution is 2.15. The van der Waals surface area contributed by atoms with Crippen LogP contribution in [0.25, 0.3) is 0 Å². The number of hydrogen-bond acceptors (Lipinski definition) is 3. The summed E-state index contributed by atoms with van der Waals surface area (Å²) in [5.74, 6) is 0.190. The molecule has 0 radical (unpaired) electrons. The van der Waals surface area contributed by atoms with Gasteiger partial charge in [0.25, 0.3) is 5.91 Å². The van der Waals surface area contributed by atoms with E-state index in [-0.39, 0.29) is 24.5 Å². The smallest absolute Gasteiger partial charge is 0.254 e. The Morgan fingerprint density at radius 1 is 1.08 bits per heavy atom. The molecule has 2 aromatic carbocycles. The molecule has 2 amide bonds. The van der Waals surface area contributed by atoms with Gasteiger partial charge in [-0.2, -0.15) is 0 Å². The summed E-state index contributed by atoms with van der Waals surface area (Å²) in [6.07, 6.45) is 0.0702. The molecule has 0 aliphatic heterocycles. The molecule has 0 unspecified atom stereocenters. The molecule has 25 heavy (non-hydrogen) atoms. The fourth-order valence-electron chi connectivity index (χ4n) is 2.19. The number of likely N-dealkylation sites (N-methyl/N-ethyl adjacent to an activating group) is 1. The number of benzene rings is 2. The Hall–Kier alpha value is -2.53. The van der Waals surface area contributed by atoms with Crippen molar-refractivity contribution in [1.29, 1.82) is 0 Å². The molecule has 0 aromatic heterocycles. The van der Waals surface area contributed by atoms with Crippen LogP contribution in [-0.2, 0) is 4.79 Å². The summed E-state index contributed by atoms with van der Waals surface area (Å²) in [7, 11) is 1.59. The Labute approximate surface area is 152 Å². The van der Waals surface area contributed by atoms with Crippen LogP contribution in [0.5, 0.6) is 5.75 Å². The topological polar surface area (TPSA) is 58.6 Å². The summed E-state index contributed by atoms with van der Waals surface area (Å²) in [5, 5.41) is 3.32. The van der Waals surface area contributed by atoms with Gasteiger partial charge < -0.3 is 15.0 Å². The first-order valence-electron chi connectivity index (χ1n) is 7.93. The normalized spacial score (nSPS) is 10.4. The molecular weight excluding hydrogens is 340 g/mol. The maximum Gasteiger partial charge on any atom is 0.254 e. The molecular formula is C19H21ClN2O3. The van der Waals surface area contributed by atoms with Gasteiger partial charge in [-0.1, -0.05) is 11.6 Å². The highest BCUT2D eigenvalue weighted by molar-refractivity contribution is 6.30. The molecule has 6 heteroatoms. The van der Waals surface area contributed by atoms with Crippen LogP contribution in [-0.4, -0.2) is 36.4 Å². The zero-order chi connectivity index (χ0) is 18.4. The lowest BCUT2D eigenvalue weighted by molar-refractivity contribution is -0.116. The van der Waals surface area contributed by atoms with Gasteiger partial charge in [-0.05, 0) is 62.4 Å². The number of hydrogen-bond donors (Lipinski definition) is 1. The van der Waals surface area contributed by atoms with Crippen molar-refractivity contribution in [1.82, 2.24) is 4.90 Å². The maximum atomic E-state index is 12.4. The van der Waals surface area contributed by atoms with E-state index in [0.29, 0.717) is 22.0 Å². The first-order chi connectivity index (χ1) is 11.8. The average molecular weight is 361 g/mol. The predicted molar refractivity (Wildman–Crippen MR) is 99.2 cm³/mol. The molecule has 0 fully saturated rings. The number of halogens is 1. The highest BCUT2D eigenvalue weighted by atomic mass is 35.5. The van der Waals surface area contributed by atoms with E-state index in [1.54, 1.807) is 55.6 Å². The van der Waals surface area contributed by atoms with Gasteiger partial charge >= 0.3 is 0 Å². The number of carbonyl (C=O) groups excluding carboxylic acids is 2. The second-order valence-electron chi connectivity index (χ2n) is 5.91. The molecule has 132 valence electrons. The third-order valence-corrected chi connectivity index (χ3v) is 3.58. The minimum atomic E-state index is -0.280. The van der Waals surface area contributed by atoms with Gasteiger partial charge in [0, 0.05) is 23.3 Å². The van der Waals surface area contributed by atoms with Gasteiger partial charge in [0.1, 0.15) is 5.75 Å². The fraction of sp³-hybridized carbons (Fsp3) is 0.263. The SMILES string of the molecule is CC(C)Oc1ccc(C(=O)N(C)CC(=O)Nc2ccc(Cl)cc2)cc1. The van der Waals surface area contributed by atoms with Crippen molar-refractivity contribution in [3.8, 4) is 5.75 Å². The van der Waals surface area contributed by atoms with Gasteiger partial charge in [0.15, 0.2) is 0 Å². The van der Waals surface area contributed by atoms with Gasteiger partial charge in [-0.25, -0.2) is 0 Å². The van der Waals surface area contributed by atoms with Crippen molar-refractivity contribution in [2.75, 3.05) is 18.9 Å². The molecule has 0 atom stereocenters. The molecule has 0 saturated carbocycles. The molecule has 0 heterocycles. The molecule has 0 bridgehead atoms. The summed E-state index contributed by atoms with van der Waals surface area (Å²) in [4.78, 5) is 25.8. The molecule has 5 nitrogen and oxygen atoms in total. The van der Waals surface area contributed by atoms with Crippen molar-refractivity contribution in [3.63, 3.8) is 0 Å².